The highest BCUT2D eigenvalue weighted by molar-refractivity contribution is 6.40. The molecule has 6 heteroatoms. The molecule has 1 aromatic carbocycles. The number of carbonyl (C=O) groups excluding carboxylic acids is 1. The molecule has 0 fully saturated rings. The van der Waals surface area contributed by atoms with E-state index < -0.39 is 11.8 Å². The van der Waals surface area contributed by atoms with Crippen molar-refractivity contribution in [2.75, 3.05) is 13.9 Å². The zero-order valence-corrected chi connectivity index (χ0v) is 9.06. The van der Waals surface area contributed by atoms with Gasteiger partial charge in [0.25, 0.3) is 5.78 Å². The third kappa shape index (κ3) is 1.94. The Morgan fingerprint density at radius 2 is 2.18 bits per heavy atom. The van der Waals surface area contributed by atoms with Crippen molar-refractivity contribution in [1.82, 2.24) is 0 Å². The van der Waals surface area contributed by atoms with E-state index in [1.165, 1.54) is 19.2 Å². The summed E-state index contributed by atoms with van der Waals surface area (Å²) in [7, 11) is 1.45. The van der Waals surface area contributed by atoms with E-state index in [4.69, 9.17) is 19.3 Å². The van der Waals surface area contributed by atoms with Crippen LogP contribution < -0.4 is 9.47 Å². The summed E-state index contributed by atoms with van der Waals surface area (Å²) in [4.78, 5) is 22.2. The number of fused-ring (bicyclic) bond motifs is 1. The van der Waals surface area contributed by atoms with Gasteiger partial charge in [-0.3, -0.25) is 4.79 Å². The van der Waals surface area contributed by atoms with Gasteiger partial charge in [0.1, 0.15) is 0 Å². The Labute approximate surface area is 96.7 Å². The van der Waals surface area contributed by atoms with Gasteiger partial charge in [0.2, 0.25) is 6.79 Å². The SMILES string of the molecule is COCc1c(C(=O)C(=O)O)ccc2c1OCO2. The van der Waals surface area contributed by atoms with Gasteiger partial charge in [-0.15, -0.1) is 0 Å². The minimum atomic E-state index is -1.51. The van der Waals surface area contributed by atoms with Gasteiger partial charge in [0, 0.05) is 18.2 Å². The highest BCUT2D eigenvalue weighted by Gasteiger charge is 2.26. The predicted octanol–water partition coefficient (Wildman–Crippen LogP) is 0.829. The summed E-state index contributed by atoms with van der Waals surface area (Å²) in [6.07, 6.45) is 0. The normalized spacial score (nSPS) is 12.5. The summed E-state index contributed by atoms with van der Waals surface area (Å²) in [6, 6.07) is 2.91. The lowest BCUT2D eigenvalue weighted by Crippen LogP contribution is -2.15. The molecule has 2 rings (SSSR count). The van der Waals surface area contributed by atoms with Crippen molar-refractivity contribution in [3.05, 3.63) is 23.3 Å². The van der Waals surface area contributed by atoms with Crippen molar-refractivity contribution < 1.29 is 28.9 Å². The molecule has 17 heavy (non-hydrogen) atoms. The highest BCUT2D eigenvalue weighted by Crippen LogP contribution is 2.38. The van der Waals surface area contributed by atoms with Crippen molar-refractivity contribution in [2.45, 2.75) is 6.61 Å². The van der Waals surface area contributed by atoms with E-state index in [1.54, 1.807) is 0 Å². The summed E-state index contributed by atoms with van der Waals surface area (Å²) in [5.74, 6) is -1.64. The van der Waals surface area contributed by atoms with E-state index in [0.717, 1.165) is 0 Å². The lowest BCUT2D eigenvalue weighted by Gasteiger charge is -2.09. The molecule has 0 saturated heterocycles. The van der Waals surface area contributed by atoms with Crippen LogP contribution in [-0.4, -0.2) is 30.8 Å². The van der Waals surface area contributed by atoms with Crippen LogP contribution in [0.1, 0.15) is 15.9 Å². The third-order valence-corrected chi connectivity index (χ3v) is 2.37. The molecule has 0 bridgehead atoms. The van der Waals surface area contributed by atoms with E-state index in [9.17, 15) is 9.59 Å². The maximum Gasteiger partial charge on any atom is 0.377 e. The fourth-order valence-electron chi connectivity index (χ4n) is 1.65. The Balaban J connectivity index is 2.52. The number of aliphatic carboxylic acids is 1. The highest BCUT2D eigenvalue weighted by atomic mass is 16.7. The summed E-state index contributed by atoms with van der Waals surface area (Å²) in [5.41, 5.74) is 0.457. The molecule has 1 heterocycles. The van der Waals surface area contributed by atoms with Gasteiger partial charge in [-0.1, -0.05) is 0 Å². The minimum Gasteiger partial charge on any atom is -0.475 e. The smallest absolute Gasteiger partial charge is 0.377 e. The number of methoxy groups -OCH3 is 1. The van der Waals surface area contributed by atoms with Crippen molar-refractivity contribution >= 4 is 11.8 Å². The lowest BCUT2D eigenvalue weighted by molar-refractivity contribution is -0.131. The molecule has 0 radical (unpaired) electrons. The van der Waals surface area contributed by atoms with Crippen LogP contribution in [0.5, 0.6) is 11.5 Å². The molecule has 0 saturated carbocycles. The molecule has 0 spiro atoms. The van der Waals surface area contributed by atoms with Gasteiger partial charge in [-0.05, 0) is 12.1 Å². The molecule has 1 aromatic rings. The zero-order valence-electron chi connectivity index (χ0n) is 9.06. The van der Waals surface area contributed by atoms with Crippen LogP contribution in [0, 0.1) is 0 Å². The van der Waals surface area contributed by atoms with Crippen molar-refractivity contribution in [2.24, 2.45) is 0 Å². The van der Waals surface area contributed by atoms with Gasteiger partial charge >= 0.3 is 5.97 Å². The topological polar surface area (TPSA) is 82.1 Å². The number of carbonyl (C=O) groups is 2. The molecule has 0 unspecified atom stereocenters. The quantitative estimate of drug-likeness (QED) is 0.618. The molecule has 0 aromatic heterocycles. The van der Waals surface area contributed by atoms with Crippen LogP contribution in [0.15, 0.2) is 12.1 Å². The van der Waals surface area contributed by atoms with Gasteiger partial charge in [-0.25, -0.2) is 4.79 Å². The largest absolute Gasteiger partial charge is 0.475 e. The van der Waals surface area contributed by atoms with Crippen molar-refractivity contribution in [3.8, 4) is 11.5 Å². The maximum absolute atomic E-state index is 11.5. The number of hydrogen-bond acceptors (Lipinski definition) is 5. The number of ether oxygens (including phenoxy) is 3. The monoisotopic (exact) mass is 238 g/mol. The lowest BCUT2D eigenvalue weighted by atomic mass is 10.0. The average molecular weight is 238 g/mol. The Morgan fingerprint density at radius 1 is 1.41 bits per heavy atom. The third-order valence-electron chi connectivity index (χ3n) is 2.37. The first-order valence-corrected chi connectivity index (χ1v) is 4.83. The van der Waals surface area contributed by atoms with Crippen LogP contribution in [0.25, 0.3) is 0 Å². The molecular formula is C11H10O6. The van der Waals surface area contributed by atoms with Crippen LogP contribution in [0.4, 0.5) is 0 Å². The maximum atomic E-state index is 11.5. The summed E-state index contributed by atoms with van der Waals surface area (Å²) < 4.78 is 15.3. The molecule has 6 nitrogen and oxygen atoms in total. The van der Waals surface area contributed by atoms with Crippen LogP contribution in [-0.2, 0) is 16.1 Å². The van der Waals surface area contributed by atoms with Crippen LogP contribution in [0.3, 0.4) is 0 Å². The molecule has 0 amide bonds. The fraction of sp³-hybridized carbons (Fsp3) is 0.273. The van der Waals surface area contributed by atoms with E-state index in [-0.39, 0.29) is 19.0 Å². The zero-order chi connectivity index (χ0) is 12.4. The molecule has 1 aliphatic heterocycles. The predicted molar refractivity (Wildman–Crippen MR) is 55.2 cm³/mol. The summed E-state index contributed by atoms with van der Waals surface area (Å²) in [5, 5.41) is 8.71. The van der Waals surface area contributed by atoms with Crippen molar-refractivity contribution in [1.29, 1.82) is 0 Å². The Bertz CT molecular complexity index is 479. The molecule has 90 valence electrons. The Hall–Kier alpha value is -2.08. The number of carboxylic acid groups (broad SMARTS) is 1. The number of carboxylic acids is 1. The second-order valence-electron chi connectivity index (χ2n) is 3.39. The first kappa shape index (κ1) is 11.4. The molecule has 0 aliphatic carbocycles. The van der Waals surface area contributed by atoms with E-state index in [0.29, 0.717) is 17.1 Å². The first-order chi connectivity index (χ1) is 8.15. The van der Waals surface area contributed by atoms with Gasteiger partial charge in [-0.2, -0.15) is 0 Å². The summed E-state index contributed by atoms with van der Waals surface area (Å²) >= 11 is 0. The van der Waals surface area contributed by atoms with Crippen LogP contribution in [0.2, 0.25) is 0 Å². The minimum absolute atomic E-state index is 0.0523. The molecule has 1 aliphatic rings. The van der Waals surface area contributed by atoms with Gasteiger partial charge < -0.3 is 19.3 Å². The average Bonchev–Trinajstić information content (AvgIpc) is 2.77. The Kier molecular flexibility index (Phi) is 2.97. The number of rotatable bonds is 4. The standard InChI is InChI=1S/C11H10O6/c1-15-4-7-6(9(12)11(13)14)2-3-8-10(7)17-5-16-8/h2-3H,4-5H2,1H3,(H,13,14). The fourth-order valence-corrected chi connectivity index (χ4v) is 1.65. The number of Topliss-reactive ketones (excluding diaryl/α,β-unsaturated/α-hetero) is 1. The summed E-state index contributed by atoms with van der Waals surface area (Å²) in [6.45, 7) is 0.137. The van der Waals surface area contributed by atoms with E-state index >= 15 is 0 Å². The molecule has 1 N–H and O–H groups in total. The number of benzene rings is 1. The van der Waals surface area contributed by atoms with E-state index in [1.807, 2.05) is 0 Å². The number of ketones is 1. The van der Waals surface area contributed by atoms with E-state index in [2.05, 4.69) is 0 Å². The molecule has 0 atom stereocenters. The molecular weight excluding hydrogens is 228 g/mol. The van der Waals surface area contributed by atoms with Crippen LogP contribution >= 0.6 is 0 Å². The number of hydrogen-bond donors (Lipinski definition) is 1. The second-order valence-corrected chi connectivity index (χ2v) is 3.39. The van der Waals surface area contributed by atoms with Crippen molar-refractivity contribution in [3.63, 3.8) is 0 Å². The van der Waals surface area contributed by atoms with Gasteiger partial charge in [0.05, 0.1) is 6.61 Å². The van der Waals surface area contributed by atoms with Gasteiger partial charge in [0.15, 0.2) is 11.5 Å². The second kappa shape index (κ2) is 4.42. The Morgan fingerprint density at radius 3 is 2.82 bits per heavy atom. The first-order valence-electron chi connectivity index (χ1n) is 4.83.